The summed E-state index contributed by atoms with van der Waals surface area (Å²) in [6.07, 6.45) is 3.50. The molecule has 0 aliphatic heterocycles. The highest BCUT2D eigenvalue weighted by Crippen LogP contribution is 2.29. The molecular formula is C15H16N2O2S. The summed E-state index contributed by atoms with van der Waals surface area (Å²) < 4.78 is 11.3. The summed E-state index contributed by atoms with van der Waals surface area (Å²) in [7, 11) is 0. The van der Waals surface area contributed by atoms with Crippen molar-refractivity contribution in [2.75, 3.05) is 6.61 Å². The molecule has 0 aliphatic rings. The van der Waals surface area contributed by atoms with Crippen LogP contribution in [-0.4, -0.2) is 16.6 Å². The smallest absolute Gasteiger partial charge is 0.161 e. The van der Waals surface area contributed by atoms with Crippen LogP contribution in [0.5, 0.6) is 11.5 Å². The minimum atomic E-state index is 0.338. The third-order valence-electron chi connectivity index (χ3n) is 2.65. The van der Waals surface area contributed by atoms with Crippen LogP contribution in [-0.2, 0) is 6.61 Å². The van der Waals surface area contributed by atoms with Gasteiger partial charge in [0.25, 0.3) is 0 Å². The zero-order valence-electron chi connectivity index (χ0n) is 11.2. The van der Waals surface area contributed by atoms with E-state index in [2.05, 4.69) is 4.98 Å². The van der Waals surface area contributed by atoms with Gasteiger partial charge in [-0.05, 0) is 31.2 Å². The molecule has 1 aromatic carbocycles. The number of benzene rings is 1. The Balaban J connectivity index is 2.16. The third-order valence-corrected chi connectivity index (χ3v) is 2.88. The Morgan fingerprint density at radius 3 is 2.75 bits per heavy atom. The fourth-order valence-corrected chi connectivity index (χ4v) is 1.82. The number of aromatic nitrogens is 1. The van der Waals surface area contributed by atoms with Crippen molar-refractivity contribution in [3.05, 3.63) is 53.9 Å². The van der Waals surface area contributed by atoms with Gasteiger partial charge in [0, 0.05) is 23.5 Å². The predicted molar refractivity (Wildman–Crippen MR) is 82.1 cm³/mol. The lowest BCUT2D eigenvalue weighted by Crippen LogP contribution is -2.10. The third kappa shape index (κ3) is 3.68. The molecule has 0 radical (unpaired) electrons. The van der Waals surface area contributed by atoms with Gasteiger partial charge in [-0.3, -0.25) is 4.98 Å². The van der Waals surface area contributed by atoms with Gasteiger partial charge in [-0.2, -0.15) is 0 Å². The first kappa shape index (κ1) is 14.3. The highest BCUT2D eigenvalue weighted by Gasteiger charge is 2.08. The molecule has 5 heteroatoms. The maximum atomic E-state index is 5.76. The Morgan fingerprint density at radius 1 is 1.25 bits per heavy atom. The Kier molecular flexibility index (Phi) is 4.90. The fraction of sp³-hybridized carbons (Fsp3) is 0.200. The molecule has 0 amide bonds. The first-order chi connectivity index (χ1) is 9.70. The molecule has 0 unspecified atom stereocenters. The molecule has 0 saturated carbocycles. The van der Waals surface area contributed by atoms with Gasteiger partial charge in [-0.25, -0.2) is 0 Å². The number of thiocarbonyl (C=S) groups is 1. The second-order valence-electron chi connectivity index (χ2n) is 4.11. The number of hydrogen-bond acceptors (Lipinski definition) is 4. The first-order valence-corrected chi connectivity index (χ1v) is 6.70. The summed E-state index contributed by atoms with van der Waals surface area (Å²) in [5.74, 6) is 1.30. The SMILES string of the molecule is CCOc1cc(C(N)=S)ccc1OCc1cccnc1. The predicted octanol–water partition coefficient (Wildman–Crippen LogP) is 2.69. The van der Waals surface area contributed by atoms with Crippen LogP contribution >= 0.6 is 12.2 Å². The maximum absolute atomic E-state index is 5.76. The zero-order chi connectivity index (χ0) is 14.4. The van der Waals surface area contributed by atoms with Gasteiger partial charge < -0.3 is 15.2 Å². The van der Waals surface area contributed by atoms with Gasteiger partial charge in [0.15, 0.2) is 11.5 Å². The number of hydrogen-bond donors (Lipinski definition) is 1. The Morgan fingerprint density at radius 2 is 2.10 bits per heavy atom. The highest BCUT2D eigenvalue weighted by atomic mass is 32.1. The lowest BCUT2D eigenvalue weighted by atomic mass is 10.2. The minimum absolute atomic E-state index is 0.338. The molecule has 4 nitrogen and oxygen atoms in total. The molecule has 2 rings (SSSR count). The van der Waals surface area contributed by atoms with Crippen molar-refractivity contribution in [1.82, 2.24) is 4.98 Å². The second kappa shape index (κ2) is 6.86. The Hall–Kier alpha value is -2.14. The van der Waals surface area contributed by atoms with Gasteiger partial charge in [-0.15, -0.1) is 0 Å². The van der Waals surface area contributed by atoms with Crippen molar-refractivity contribution >= 4 is 17.2 Å². The zero-order valence-corrected chi connectivity index (χ0v) is 12.0. The molecular weight excluding hydrogens is 272 g/mol. The van der Waals surface area contributed by atoms with Gasteiger partial charge in [0.2, 0.25) is 0 Å². The average Bonchev–Trinajstić information content (AvgIpc) is 2.47. The molecule has 2 N–H and O–H groups in total. The van der Waals surface area contributed by atoms with E-state index in [1.807, 2.05) is 31.2 Å². The molecule has 2 aromatic rings. The van der Waals surface area contributed by atoms with Gasteiger partial charge in [0.05, 0.1) is 6.61 Å². The van der Waals surface area contributed by atoms with E-state index in [1.165, 1.54) is 0 Å². The van der Waals surface area contributed by atoms with E-state index < -0.39 is 0 Å². The van der Waals surface area contributed by atoms with Crippen LogP contribution in [0.4, 0.5) is 0 Å². The Labute approximate surface area is 123 Å². The second-order valence-corrected chi connectivity index (χ2v) is 4.55. The van der Waals surface area contributed by atoms with E-state index >= 15 is 0 Å². The summed E-state index contributed by atoms with van der Waals surface area (Å²) in [6.45, 7) is 2.89. The monoisotopic (exact) mass is 288 g/mol. The van der Waals surface area contributed by atoms with E-state index in [-0.39, 0.29) is 0 Å². The van der Waals surface area contributed by atoms with Crippen LogP contribution in [0.2, 0.25) is 0 Å². The van der Waals surface area contributed by atoms with Gasteiger partial charge in [-0.1, -0.05) is 18.3 Å². The lowest BCUT2D eigenvalue weighted by molar-refractivity contribution is 0.269. The molecule has 0 fully saturated rings. The van der Waals surface area contributed by atoms with Gasteiger partial charge in [0.1, 0.15) is 11.6 Å². The summed E-state index contributed by atoms with van der Waals surface area (Å²) in [5.41, 5.74) is 7.38. The fourth-order valence-electron chi connectivity index (χ4n) is 1.69. The summed E-state index contributed by atoms with van der Waals surface area (Å²) >= 11 is 4.96. The van der Waals surface area contributed by atoms with Crippen molar-refractivity contribution in [1.29, 1.82) is 0 Å². The molecule has 0 atom stereocenters. The largest absolute Gasteiger partial charge is 0.490 e. The molecule has 1 aromatic heterocycles. The van der Waals surface area contributed by atoms with E-state index in [9.17, 15) is 0 Å². The number of nitrogens with zero attached hydrogens (tertiary/aromatic N) is 1. The van der Waals surface area contributed by atoms with E-state index in [1.54, 1.807) is 18.5 Å². The van der Waals surface area contributed by atoms with Gasteiger partial charge >= 0.3 is 0 Å². The molecule has 0 saturated heterocycles. The topological polar surface area (TPSA) is 57.4 Å². The quantitative estimate of drug-likeness (QED) is 0.828. The van der Waals surface area contributed by atoms with Crippen LogP contribution in [0.25, 0.3) is 0 Å². The molecule has 20 heavy (non-hydrogen) atoms. The maximum Gasteiger partial charge on any atom is 0.161 e. The number of ether oxygens (including phenoxy) is 2. The van der Waals surface area contributed by atoms with E-state index in [0.717, 1.165) is 11.1 Å². The van der Waals surface area contributed by atoms with Crippen LogP contribution < -0.4 is 15.2 Å². The van der Waals surface area contributed by atoms with Crippen LogP contribution in [0.1, 0.15) is 18.1 Å². The van der Waals surface area contributed by atoms with Crippen molar-refractivity contribution in [2.24, 2.45) is 5.73 Å². The van der Waals surface area contributed by atoms with Crippen LogP contribution in [0.3, 0.4) is 0 Å². The summed E-state index contributed by atoms with van der Waals surface area (Å²) in [5, 5.41) is 0. The molecule has 0 spiro atoms. The molecule has 104 valence electrons. The molecule has 0 bridgehead atoms. The van der Waals surface area contributed by atoms with E-state index in [0.29, 0.717) is 29.7 Å². The summed E-state index contributed by atoms with van der Waals surface area (Å²) in [6, 6.07) is 9.26. The molecule has 1 heterocycles. The average molecular weight is 288 g/mol. The van der Waals surface area contributed by atoms with Crippen molar-refractivity contribution in [3.63, 3.8) is 0 Å². The molecule has 0 aliphatic carbocycles. The normalized spacial score (nSPS) is 10.1. The lowest BCUT2D eigenvalue weighted by Gasteiger charge is -2.13. The minimum Gasteiger partial charge on any atom is -0.490 e. The van der Waals surface area contributed by atoms with Crippen LogP contribution in [0.15, 0.2) is 42.7 Å². The van der Waals surface area contributed by atoms with Crippen LogP contribution in [0, 0.1) is 0 Å². The van der Waals surface area contributed by atoms with Crippen molar-refractivity contribution < 1.29 is 9.47 Å². The standard InChI is InChI=1S/C15H16N2O2S/c1-2-18-14-8-12(15(16)20)5-6-13(14)19-10-11-4-3-7-17-9-11/h3-9H,2,10H2,1H3,(H2,16,20). The first-order valence-electron chi connectivity index (χ1n) is 6.29. The van der Waals surface area contributed by atoms with E-state index in [4.69, 9.17) is 27.4 Å². The number of pyridine rings is 1. The van der Waals surface area contributed by atoms with Crippen molar-refractivity contribution in [2.45, 2.75) is 13.5 Å². The highest BCUT2D eigenvalue weighted by molar-refractivity contribution is 7.80. The van der Waals surface area contributed by atoms with Crippen molar-refractivity contribution in [3.8, 4) is 11.5 Å². The number of nitrogens with two attached hydrogens (primary N) is 1. The summed E-state index contributed by atoms with van der Waals surface area (Å²) in [4.78, 5) is 4.39. The number of rotatable bonds is 6. The Bertz CT molecular complexity index is 588.